The van der Waals surface area contributed by atoms with Gasteiger partial charge in [-0.1, -0.05) is 34.8 Å². The lowest BCUT2D eigenvalue weighted by atomic mass is 10.2. The highest BCUT2D eigenvalue weighted by atomic mass is 35.5. The van der Waals surface area contributed by atoms with Crippen LogP contribution in [0.3, 0.4) is 0 Å². The molecular formula is C13H8Cl3N3S. The Hall–Kier alpha value is -1.07. The van der Waals surface area contributed by atoms with Crippen molar-refractivity contribution in [2.75, 3.05) is 0 Å². The zero-order valence-electron chi connectivity index (χ0n) is 10.2. The molecule has 1 N–H and O–H groups in total. The second kappa shape index (κ2) is 5.04. The third kappa shape index (κ3) is 2.23. The Morgan fingerprint density at radius 3 is 2.65 bits per heavy atom. The van der Waals surface area contributed by atoms with E-state index >= 15 is 0 Å². The summed E-state index contributed by atoms with van der Waals surface area (Å²) in [5.41, 5.74) is 2.99. The smallest absolute Gasteiger partial charge is 0.184 e. The van der Waals surface area contributed by atoms with Crippen LogP contribution < -0.4 is 0 Å². The van der Waals surface area contributed by atoms with Gasteiger partial charge in [0.1, 0.15) is 0 Å². The molecule has 0 saturated heterocycles. The fourth-order valence-corrected chi connectivity index (χ4v) is 2.91. The summed E-state index contributed by atoms with van der Waals surface area (Å²) < 4.78 is 2.23. The van der Waals surface area contributed by atoms with Gasteiger partial charge in [0.25, 0.3) is 0 Å². The zero-order chi connectivity index (χ0) is 14.4. The van der Waals surface area contributed by atoms with Gasteiger partial charge in [0.15, 0.2) is 10.4 Å². The Morgan fingerprint density at radius 1 is 1.15 bits per heavy atom. The molecule has 0 amide bonds. The standard InChI is InChI=1S/C13H8Cl3N3S/c1-6-2-9(16)11(4-8(6)15)19-12-10(18-13(19)20)3-7(14)5-17-12/h2-5H,1H3,(H,18,20). The van der Waals surface area contributed by atoms with Crippen LogP contribution in [0, 0.1) is 11.7 Å². The first-order valence-corrected chi connectivity index (χ1v) is 7.24. The molecule has 0 bridgehead atoms. The monoisotopic (exact) mass is 343 g/mol. The maximum atomic E-state index is 6.30. The maximum Gasteiger partial charge on any atom is 0.184 e. The number of hydrogen-bond acceptors (Lipinski definition) is 2. The molecule has 3 aromatic rings. The van der Waals surface area contributed by atoms with Crippen LogP contribution in [0.5, 0.6) is 0 Å². The topological polar surface area (TPSA) is 33.6 Å². The predicted molar refractivity (Wildman–Crippen MR) is 86.0 cm³/mol. The van der Waals surface area contributed by atoms with Crippen molar-refractivity contribution in [3.8, 4) is 5.69 Å². The molecule has 3 nitrogen and oxygen atoms in total. The average Bonchev–Trinajstić information content (AvgIpc) is 2.69. The van der Waals surface area contributed by atoms with Crippen LogP contribution in [-0.2, 0) is 0 Å². The van der Waals surface area contributed by atoms with Crippen LogP contribution in [0.2, 0.25) is 15.1 Å². The molecule has 2 heterocycles. The van der Waals surface area contributed by atoms with Crippen molar-refractivity contribution in [2.45, 2.75) is 6.92 Å². The highest BCUT2D eigenvalue weighted by Crippen LogP contribution is 2.30. The second-order valence-electron chi connectivity index (χ2n) is 4.34. The fourth-order valence-electron chi connectivity index (χ4n) is 2.00. The van der Waals surface area contributed by atoms with E-state index in [1.807, 2.05) is 6.92 Å². The lowest BCUT2D eigenvalue weighted by Crippen LogP contribution is -1.97. The first-order valence-electron chi connectivity index (χ1n) is 5.69. The van der Waals surface area contributed by atoms with Gasteiger partial charge in [-0.05, 0) is 42.9 Å². The largest absolute Gasteiger partial charge is 0.329 e. The van der Waals surface area contributed by atoms with Crippen LogP contribution in [0.1, 0.15) is 5.56 Å². The molecule has 0 spiro atoms. The molecule has 0 radical (unpaired) electrons. The van der Waals surface area contributed by atoms with Crippen molar-refractivity contribution in [1.29, 1.82) is 0 Å². The van der Waals surface area contributed by atoms with E-state index in [1.165, 1.54) is 0 Å². The zero-order valence-corrected chi connectivity index (χ0v) is 13.3. The number of benzene rings is 1. The van der Waals surface area contributed by atoms with Gasteiger partial charge in [0.2, 0.25) is 0 Å². The van der Waals surface area contributed by atoms with E-state index in [9.17, 15) is 0 Å². The number of aromatic nitrogens is 3. The lowest BCUT2D eigenvalue weighted by molar-refractivity contribution is 1.04. The highest BCUT2D eigenvalue weighted by molar-refractivity contribution is 7.71. The van der Waals surface area contributed by atoms with E-state index < -0.39 is 0 Å². The number of pyridine rings is 1. The number of hydrogen-bond donors (Lipinski definition) is 1. The van der Waals surface area contributed by atoms with Gasteiger partial charge in [0.05, 0.1) is 21.2 Å². The minimum absolute atomic E-state index is 0.483. The summed E-state index contributed by atoms with van der Waals surface area (Å²) in [6.45, 7) is 1.89. The van der Waals surface area contributed by atoms with E-state index in [-0.39, 0.29) is 0 Å². The van der Waals surface area contributed by atoms with Crippen LogP contribution in [0.25, 0.3) is 16.9 Å². The van der Waals surface area contributed by atoms with Gasteiger partial charge >= 0.3 is 0 Å². The molecule has 0 fully saturated rings. The van der Waals surface area contributed by atoms with Crippen molar-refractivity contribution in [3.63, 3.8) is 0 Å². The summed E-state index contributed by atoms with van der Waals surface area (Å²) in [5, 5.41) is 1.71. The normalized spacial score (nSPS) is 11.2. The number of fused-ring (bicyclic) bond motifs is 1. The van der Waals surface area contributed by atoms with Gasteiger partial charge in [-0.3, -0.25) is 4.57 Å². The van der Waals surface area contributed by atoms with Gasteiger partial charge in [-0.2, -0.15) is 0 Å². The van der Waals surface area contributed by atoms with Crippen molar-refractivity contribution >= 4 is 58.2 Å². The van der Waals surface area contributed by atoms with Crippen LogP contribution >= 0.6 is 47.0 Å². The molecule has 0 aliphatic rings. The number of rotatable bonds is 1. The molecular weight excluding hydrogens is 337 g/mol. The van der Waals surface area contributed by atoms with E-state index in [1.54, 1.807) is 29.0 Å². The number of aromatic amines is 1. The summed E-state index contributed by atoms with van der Waals surface area (Å²) in [7, 11) is 0. The number of imidazole rings is 1. The Morgan fingerprint density at radius 2 is 1.90 bits per heavy atom. The van der Waals surface area contributed by atoms with Crippen LogP contribution in [-0.4, -0.2) is 14.5 Å². The summed E-state index contributed by atoms with van der Waals surface area (Å²) >= 11 is 23.7. The number of H-pyrrole nitrogens is 1. The second-order valence-corrected chi connectivity index (χ2v) is 5.98. The van der Waals surface area contributed by atoms with E-state index in [0.717, 1.165) is 11.1 Å². The molecule has 20 heavy (non-hydrogen) atoms. The fraction of sp³-hybridized carbons (Fsp3) is 0.0769. The van der Waals surface area contributed by atoms with Crippen molar-refractivity contribution in [3.05, 3.63) is 49.8 Å². The minimum Gasteiger partial charge on any atom is -0.329 e. The van der Waals surface area contributed by atoms with Crippen LogP contribution in [0.4, 0.5) is 0 Å². The van der Waals surface area contributed by atoms with Gasteiger partial charge in [-0.15, -0.1) is 0 Å². The number of nitrogens with one attached hydrogen (secondary N) is 1. The molecule has 102 valence electrons. The molecule has 0 aliphatic heterocycles. The molecule has 3 rings (SSSR count). The summed E-state index contributed by atoms with van der Waals surface area (Å²) in [5.74, 6) is 0. The third-order valence-corrected chi connectivity index (χ3v) is 4.16. The Bertz CT molecular complexity index is 882. The van der Waals surface area contributed by atoms with Crippen molar-refractivity contribution in [1.82, 2.24) is 14.5 Å². The third-order valence-electron chi connectivity index (χ3n) is 2.96. The molecule has 0 aliphatic carbocycles. The Balaban J connectivity index is 2.38. The molecule has 1 aromatic carbocycles. The van der Waals surface area contributed by atoms with Crippen molar-refractivity contribution < 1.29 is 0 Å². The SMILES string of the molecule is Cc1cc(Cl)c(-n2c(=S)[nH]c3cc(Cl)cnc32)cc1Cl. The predicted octanol–water partition coefficient (Wildman–Crippen LogP) is 5.35. The minimum atomic E-state index is 0.483. The summed E-state index contributed by atoms with van der Waals surface area (Å²) in [6.07, 6.45) is 1.56. The van der Waals surface area contributed by atoms with Crippen LogP contribution in [0.15, 0.2) is 24.4 Å². The maximum absolute atomic E-state index is 6.30. The summed E-state index contributed by atoms with van der Waals surface area (Å²) in [6, 6.07) is 5.34. The highest BCUT2D eigenvalue weighted by Gasteiger charge is 2.13. The van der Waals surface area contributed by atoms with Gasteiger partial charge in [-0.25, -0.2) is 4.98 Å². The van der Waals surface area contributed by atoms with Gasteiger partial charge in [0, 0.05) is 11.2 Å². The molecule has 7 heteroatoms. The average molecular weight is 345 g/mol. The quantitative estimate of drug-likeness (QED) is 0.604. The lowest BCUT2D eigenvalue weighted by Gasteiger charge is -2.09. The molecule has 0 saturated carbocycles. The summed E-state index contributed by atoms with van der Waals surface area (Å²) in [4.78, 5) is 7.36. The first-order chi connectivity index (χ1) is 9.47. The number of halogens is 3. The Kier molecular flexibility index (Phi) is 3.50. The number of aryl methyl sites for hydroxylation is 1. The Labute approximate surface area is 135 Å². The van der Waals surface area contributed by atoms with E-state index in [0.29, 0.717) is 31.2 Å². The van der Waals surface area contributed by atoms with E-state index in [2.05, 4.69) is 9.97 Å². The molecule has 0 unspecified atom stereocenters. The number of nitrogens with zero attached hydrogens (tertiary/aromatic N) is 2. The first kappa shape index (κ1) is 13.9. The molecule has 2 aromatic heterocycles. The van der Waals surface area contributed by atoms with Gasteiger partial charge < -0.3 is 4.98 Å². The van der Waals surface area contributed by atoms with Crippen molar-refractivity contribution in [2.24, 2.45) is 0 Å². The molecule has 0 atom stereocenters. The van der Waals surface area contributed by atoms with E-state index in [4.69, 9.17) is 47.0 Å².